The van der Waals surface area contributed by atoms with Crippen LogP contribution in [0.1, 0.15) is 22.7 Å². The van der Waals surface area contributed by atoms with E-state index in [1.165, 1.54) is 16.7 Å². The molecule has 0 saturated carbocycles. The smallest absolute Gasteiger partial charge is 0.237 e. The van der Waals surface area contributed by atoms with Crippen LogP contribution < -0.4 is 10.6 Å². The Labute approximate surface area is 125 Å². The summed E-state index contributed by atoms with van der Waals surface area (Å²) in [7, 11) is 0. The van der Waals surface area contributed by atoms with Crippen molar-refractivity contribution in [2.75, 3.05) is 6.54 Å². The van der Waals surface area contributed by atoms with Gasteiger partial charge < -0.3 is 5.32 Å². The highest BCUT2D eigenvalue weighted by atomic mass is 16.2. The van der Waals surface area contributed by atoms with E-state index in [1.54, 1.807) is 0 Å². The van der Waals surface area contributed by atoms with Crippen LogP contribution in [-0.2, 0) is 11.2 Å². The summed E-state index contributed by atoms with van der Waals surface area (Å²) in [6.07, 6.45) is 0.719. The molecule has 1 aliphatic rings. The van der Waals surface area contributed by atoms with Gasteiger partial charge in [-0.25, -0.2) is 0 Å². The highest BCUT2D eigenvalue weighted by Gasteiger charge is 2.28. The Morgan fingerprint density at radius 1 is 1.10 bits per heavy atom. The average Bonchev–Trinajstić information content (AvgIpc) is 2.50. The maximum absolute atomic E-state index is 12.1. The Balaban J connectivity index is 1.73. The van der Waals surface area contributed by atoms with Gasteiger partial charge in [0.2, 0.25) is 5.91 Å². The summed E-state index contributed by atoms with van der Waals surface area (Å²) in [5.41, 5.74) is 3.63. The number of hydrogen-bond acceptors (Lipinski definition) is 2. The van der Waals surface area contributed by atoms with Gasteiger partial charge in [-0.1, -0.05) is 60.2 Å². The van der Waals surface area contributed by atoms with Crippen molar-refractivity contribution >= 4 is 5.91 Å². The Kier molecular flexibility index (Phi) is 4.02. The molecule has 0 unspecified atom stereocenters. The Hall–Kier alpha value is -2.13. The molecule has 0 bridgehead atoms. The van der Waals surface area contributed by atoms with Crippen LogP contribution in [0.4, 0.5) is 0 Å². The van der Waals surface area contributed by atoms with Crippen LogP contribution in [0.3, 0.4) is 0 Å². The first-order valence-corrected chi connectivity index (χ1v) is 7.36. The molecule has 3 rings (SSSR count). The molecule has 2 aromatic rings. The van der Waals surface area contributed by atoms with Crippen LogP contribution in [0.2, 0.25) is 0 Å². The molecule has 3 nitrogen and oxygen atoms in total. The predicted molar refractivity (Wildman–Crippen MR) is 84.0 cm³/mol. The molecule has 0 aliphatic carbocycles. The zero-order valence-corrected chi connectivity index (χ0v) is 12.2. The molecule has 1 aliphatic heterocycles. The summed E-state index contributed by atoms with van der Waals surface area (Å²) in [4.78, 5) is 12.1. The van der Waals surface area contributed by atoms with E-state index in [0.29, 0.717) is 6.54 Å². The fourth-order valence-electron chi connectivity index (χ4n) is 2.83. The van der Waals surface area contributed by atoms with Crippen molar-refractivity contribution in [3.05, 3.63) is 71.3 Å². The van der Waals surface area contributed by atoms with Gasteiger partial charge in [0.1, 0.15) is 0 Å². The number of rotatable bonds is 3. The number of carbonyl (C=O) groups excluding carboxylic acids is 1. The van der Waals surface area contributed by atoms with Crippen molar-refractivity contribution in [3.63, 3.8) is 0 Å². The van der Waals surface area contributed by atoms with Gasteiger partial charge in [-0.2, -0.15) is 0 Å². The van der Waals surface area contributed by atoms with Crippen LogP contribution in [0.25, 0.3) is 0 Å². The monoisotopic (exact) mass is 280 g/mol. The number of piperazine rings is 1. The van der Waals surface area contributed by atoms with Crippen molar-refractivity contribution in [1.29, 1.82) is 0 Å². The maximum atomic E-state index is 12.1. The van der Waals surface area contributed by atoms with Gasteiger partial charge in [0, 0.05) is 6.54 Å². The van der Waals surface area contributed by atoms with Crippen LogP contribution in [0, 0.1) is 6.92 Å². The SMILES string of the molecule is Cc1cccc(C[C@H]2N[C@H](c3ccccc3)CNC2=O)c1. The first-order chi connectivity index (χ1) is 10.2. The highest BCUT2D eigenvalue weighted by Crippen LogP contribution is 2.17. The van der Waals surface area contributed by atoms with Crippen molar-refractivity contribution in [3.8, 4) is 0 Å². The summed E-state index contributed by atoms with van der Waals surface area (Å²) < 4.78 is 0. The molecular weight excluding hydrogens is 260 g/mol. The molecule has 2 atom stereocenters. The Bertz CT molecular complexity index is 624. The zero-order valence-electron chi connectivity index (χ0n) is 12.2. The molecule has 3 heteroatoms. The largest absolute Gasteiger partial charge is 0.353 e. The van der Waals surface area contributed by atoms with Crippen molar-refractivity contribution in [1.82, 2.24) is 10.6 Å². The van der Waals surface area contributed by atoms with Crippen molar-refractivity contribution in [2.45, 2.75) is 25.4 Å². The fraction of sp³-hybridized carbons (Fsp3) is 0.278. The minimum Gasteiger partial charge on any atom is -0.353 e. The molecule has 1 amide bonds. The molecule has 0 spiro atoms. The number of carbonyl (C=O) groups is 1. The minimum atomic E-state index is -0.175. The number of amides is 1. The minimum absolute atomic E-state index is 0.0867. The third-order valence-electron chi connectivity index (χ3n) is 3.92. The lowest BCUT2D eigenvalue weighted by Gasteiger charge is -2.31. The third-order valence-corrected chi connectivity index (χ3v) is 3.92. The second-order valence-corrected chi connectivity index (χ2v) is 5.62. The molecule has 2 N–H and O–H groups in total. The third kappa shape index (κ3) is 3.31. The second-order valence-electron chi connectivity index (χ2n) is 5.62. The molecule has 21 heavy (non-hydrogen) atoms. The van der Waals surface area contributed by atoms with Crippen molar-refractivity contribution in [2.24, 2.45) is 0 Å². The molecule has 1 saturated heterocycles. The molecule has 0 radical (unpaired) electrons. The zero-order chi connectivity index (χ0) is 14.7. The number of benzene rings is 2. The normalized spacial score (nSPS) is 21.9. The van der Waals surface area contributed by atoms with E-state index in [1.807, 2.05) is 24.3 Å². The lowest BCUT2D eigenvalue weighted by molar-refractivity contribution is -0.125. The van der Waals surface area contributed by atoms with E-state index >= 15 is 0 Å². The topological polar surface area (TPSA) is 41.1 Å². The van der Waals surface area contributed by atoms with E-state index < -0.39 is 0 Å². The molecule has 2 aromatic carbocycles. The van der Waals surface area contributed by atoms with Gasteiger partial charge in [0.15, 0.2) is 0 Å². The maximum Gasteiger partial charge on any atom is 0.237 e. The standard InChI is InChI=1S/C18H20N2O/c1-13-6-5-7-14(10-13)11-16-18(21)19-12-17(20-16)15-8-3-2-4-9-15/h2-10,16-17,20H,11-12H2,1H3,(H,19,21)/t16-,17+/m1/s1. The lowest BCUT2D eigenvalue weighted by atomic mass is 9.98. The van der Waals surface area contributed by atoms with E-state index in [2.05, 4.69) is 47.9 Å². The first-order valence-electron chi connectivity index (χ1n) is 7.36. The van der Waals surface area contributed by atoms with E-state index in [0.717, 1.165) is 6.42 Å². The molecular formula is C18H20N2O. The number of nitrogens with one attached hydrogen (secondary N) is 2. The Morgan fingerprint density at radius 3 is 2.67 bits per heavy atom. The van der Waals surface area contributed by atoms with Gasteiger partial charge in [0.25, 0.3) is 0 Å². The van der Waals surface area contributed by atoms with Crippen LogP contribution in [0.15, 0.2) is 54.6 Å². The van der Waals surface area contributed by atoms with Gasteiger partial charge >= 0.3 is 0 Å². The highest BCUT2D eigenvalue weighted by molar-refractivity contribution is 5.83. The summed E-state index contributed by atoms with van der Waals surface area (Å²) in [5.74, 6) is 0.0867. The quantitative estimate of drug-likeness (QED) is 0.906. The fourth-order valence-corrected chi connectivity index (χ4v) is 2.83. The second kappa shape index (κ2) is 6.10. The Morgan fingerprint density at radius 2 is 1.90 bits per heavy atom. The van der Waals surface area contributed by atoms with E-state index in [4.69, 9.17) is 0 Å². The summed E-state index contributed by atoms with van der Waals surface area (Å²) in [5, 5.41) is 6.49. The average molecular weight is 280 g/mol. The summed E-state index contributed by atoms with van der Waals surface area (Å²) in [6, 6.07) is 18.6. The van der Waals surface area contributed by atoms with Crippen LogP contribution >= 0.6 is 0 Å². The molecule has 1 fully saturated rings. The van der Waals surface area contributed by atoms with Gasteiger partial charge in [-0.05, 0) is 24.5 Å². The first kappa shape index (κ1) is 13.8. The molecule has 0 aromatic heterocycles. The molecule has 1 heterocycles. The number of hydrogen-bond donors (Lipinski definition) is 2. The van der Waals surface area contributed by atoms with Gasteiger partial charge in [0.05, 0.1) is 12.1 Å². The summed E-state index contributed by atoms with van der Waals surface area (Å²) >= 11 is 0. The van der Waals surface area contributed by atoms with Gasteiger partial charge in [-0.3, -0.25) is 10.1 Å². The summed E-state index contributed by atoms with van der Waals surface area (Å²) in [6.45, 7) is 2.72. The van der Waals surface area contributed by atoms with E-state index in [-0.39, 0.29) is 18.0 Å². The predicted octanol–water partition coefficient (Wildman–Crippen LogP) is 2.37. The number of aryl methyl sites for hydroxylation is 1. The van der Waals surface area contributed by atoms with E-state index in [9.17, 15) is 4.79 Å². The molecule has 108 valence electrons. The van der Waals surface area contributed by atoms with Crippen molar-refractivity contribution < 1.29 is 4.79 Å². The lowest BCUT2D eigenvalue weighted by Crippen LogP contribution is -2.55. The van der Waals surface area contributed by atoms with Crippen LogP contribution in [0.5, 0.6) is 0 Å². The van der Waals surface area contributed by atoms with Gasteiger partial charge in [-0.15, -0.1) is 0 Å². The van der Waals surface area contributed by atoms with Crippen LogP contribution in [-0.4, -0.2) is 18.5 Å².